The van der Waals surface area contributed by atoms with Crippen LogP contribution in [-0.2, 0) is 14.8 Å². The number of rotatable bonds is 4. The number of hydrogen-bond acceptors (Lipinski definition) is 5. The molecule has 0 saturated heterocycles. The Hall–Kier alpha value is -3.86. The van der Waals surface area contributed by atoms with Crippen LogP contribution in [0.15, 0.2) is 87.4 Å². The van der Waals surface area contributed by atoms with Crippen molar-refractivity contribution in [2.24, 2.45) is 0 Å². The Balaban J connectivity index is 1.90. The first-order valence-electron chi connectivity index (χ1n) is 10.5. The van der Waals surface area contributed by atoms with Crippen molar-refractivity contribution in [3.05, 3.63) is 104 Å². The molecular formula is C24H16Cl2N4O5S. The highest BCUT2D eigenvalue weighted by atomic mass is 35.5. The molecular weight excluding hydrogens is 527 g/mol. The molecule has 0 fully saturated rings. The highest BCUT2D eigenvalue weighted by Crippen LogP contribution is 2.25. The maximum absolute atomic E-state index is 13.8. The number of nitrogens with zero attached hydrogens (tertiary/aromatic N) is 3. The van der Waals surface area contributed by atoms with Crippen LogP contribution in [0, 0.1) is 0 Å². The molecule has 2 aromatic heterocycles. The zero-order valence-corrected chi connectivity index (χ0v) is 20.8. The summed E-state index contributed by atoms with van der Waals surface area (Å²) in [6.45, 7) is 1.22. The minimum atomic E-state index is -4.67. The van der Waals surface area contributed by atoms with E-state index in [4.69, 9.17) is 23.2 Å². The van der Waals surface area contributed by atoms with E-state index in [1.165, 1.54) is 49.4 Å². The van der Waals surface area contributed by atoms with Crippen molar-refractivity contribution in [1.82, 2.24) is 13.6 Å². The molecule has 0 saturated carbocycles. The van der Waals surface area contributed by atoms with Gasteiger partial charge < -0.3 is 4.98 Å². The highest BCUT2D eigenvalue weighted by Gasteiger charge is 2.29. The van der Waals surface area contributed by atoms with Crippen LogP contribution < -0.4 is 16.3 Å². The molecule has 9 nitrogen and oxygen atoms in total. The lowest BCUT2D eigenvalue weighted by Crippen LogP contribution is -2.51. The Morgan fingerprint density at radius 2 is 1.61 bits per heavy atom. The van der Waals surface area contributed by atoms with Gasteiger partial charge in [-0.2, -0.15) is 4.68 Å². The molecule has 0 bridgehead atoms. The second kappa shape index (κ2) is 8.66. The van der Waals surface area contributed by atoms with Gasteiger partial charge in [0.2, 0.25) is 5.91 Å². The van der Waals surface area contributed by atoms with Crippen molar-refractivity contribution in [1.29, 1.82) is 0 Å². The van der Waals surface area contributed by atoms with Crippen molar-refractivity contribution >= 4 is 66.6 Å². The smallest absolute Gasteiger partial charge is 0.361 e. The molecule has 0 aliphatic heterocycles. The average molecular weight is 543 g/mol. The summed E-state index contributed by atoms with van der Waals surface area (Å²) in [5.74, 6) is -0.609. The van der Waals surface area contributed by atoms with Crippen LogP contribution in [0.1, 0.15) is 6.92 Å². The van der Waals surface area contributed by atoms with Gasteiger partial charge in [0.15, 0.2) is 0 Å². The second-order valence-electron chi connectivity index (χ2n) is 7.86. The molecule has 1 amide bonds. The predicted molar refractivity (Wildman–Crippen MR) is 138 cm³/mol. The SMILES string of the molecule is CC(=O)N(c1ccc2[nH]ccc2c1)n1c(=O)n(S(=O)(=O)c2ccc(Cl)cc2)c(=O)c2ccc(Cl)cc21. The molecule has 2 heterocycles. The van der Waals surface area contributed by atoms with Crippen LogP contribution in [0.5, 0.6) is 0 Å². The van der Waals surface area contributed by atoms with Gasteiger partial charge in [-0.15, -0.1) is 3.97 Å². The number of carbonyl (C=O) groups excluding carboxylic acids is 1. The molecule has 3 aromatic carbocycles. The summed E-state index contributed by atoms with van der Waals surface area (Å²) < 4.78 is 28.0. The number of aromatic nitrogens is 3. The predicted octanol–water partition coefficient (Wildman–Crippen LogP) is 4.00. The van der Waals surface area contributed by atoms with Gasteiger partial charge >= 0.3 is 5.69 Å². The maximum Gasteiger partial charge on any atom is 0.365 e. The molecule has 5 rings (SSSR count). The van der Waals surface area contributed by atoms with E-state index in [0.29, 0.717) is 0 Å². The Labute approximate surface area is 213 Å². The topological polar surface area (TPSA) is 114 Å². The number of fused-ring (bicyclic) bond motifs is 2. The van der Waals surface area contributed by atoms with E-state index in [1.807, 2.05) is 0 Å². The number of hydrogen-bond donors (Lipinski definition) is 1. The van der Waals surface area contributed by atoms with Crippen LogP contribution in [0.2, 0.25) is 10.0 Å². The van der Waals surface area contributed by atoms with Crippen molar-refractivity contribution < 1.29 is 13.2 Å². The summed E-state index contributed by atoms with van der Waals surface area (Å²) >= 11 is 12.0. The Morgan fingerprint density at radius 3 is 2.31 bits per heavy atom. The third-order valence-electron chi connectivity index (χ3n) is 5.59. The molecule has 5 aromatic rings. The molecule has 0 unspecified atom stereocenters. The molecule has 0 spiro atoms. The number of aromatic amines is 1. The molecule has 36 heavy (non-hydrogen) atoms. The van der Waals surface area contributed by atoms with E-state index in [0.717, 1.165) is 20.6 Å². The van der Waals surface area contributed by atoms with Gasteiger partial charge in [0.25, 0.3) is 15.6 Å². The standard InChI is InChI=1S/C24H16Cl2N4O5S/c1-14(31)28(18-5-9-21-15(12-18)10-11-27-21)29-22-13-17(26)4-8-20(22)23(32)30(24(29)33)36(34,35)19-6-2-16(25)3-7-19/h2-13,27H,1H3. The monoisotopic (exact) mass is 542 g/mol. The van der Waals surface area contributed by atoms with Gasteiger partial charge in [0, 0.05) is 34.1 Å². The first-order chi connectivity index (χ1) is 17.1. The number of carbonyl (C=O) groups is 1. The number of benzene rings is 3. The summed E-state index contributed by atoms with van der Waals surface area (Å²) in [6.07, 6.45) is 1.72. The third kappa shape index (κ3) is 3.79. The average Bonchev–Trinajstić information content (AvgIpc) is 3.29. The third-order valence-corrected chi connectivity index (χ3v) is 7.75. The second-order valence-corrected chi connectivity index (χ2v) is 10.5. The lowest BCUT2D eigenvalue weighted by molar-refractivity contribution is -0.117. The van der Waals surface area contributed by atoms with E-state index in [9.17, 15) is 22.8 Å². The summed E-state index contributed by atoms with van der Waals surface area (Å²) in [5.41, 5.74) is -1.33. The number of nitrogens with one attached hydrogen (secondary N) is 1. The van der Waals surface area contributed by atoms with Gasteiger partial charge in [-0.25, -0.2) is 18.2 Å². The van der Waals surface area contributed by atoms with Gasteiger partial charge in [-0.3, -0.25) is 9.59 Å². The van der Waals surface area contributed by atoms with E-state index >= 15 is 0 Å². The lowest BCUT2D eigenvalue weighted by atomic mass is 10.2. The summed E-state index contributed by atoms with van der Waals surface area (Å²) in [6, 6.07) is 15.8. The lowest BCUT2D eigenvalue weighted by Gasteiger charge is -2.25. The van der Waals surface area contributed by atoms with Crippen molar-refractivity contribution in [3.63, 3.8) is 0 Å². The van der Waals surface area contributed by atoms with Gasteiger partial charge in [-0.1, -0.05) is 23.2 Å². The molecule has 0 atom stereocenters. The number of H-pyrrole nitrogens is 1. The van der Waals surface area contributed by atoms with Crippen LogP contribution in [0.4, 0.5) is 5.69 Å². The Kier molecular flexibility index (Phi) is 5.74. The van der Waals surface area contributed by atoms with E-state index in [1.54, 1.807) is 30.5 Å². The molecule has 12 heteroatoms. The van der Waals surface area contributed by atoms with Crippen LogP contribution in [0.3, 0.4) is 0 Å². The summed E-state index contributed by atoms with van der Waals surface area (Å²) in [5, 5.41) is 2.07. The summed E-state index contributed by atoms with van der Waals surface area (Å²) in [4.78, 5) is 42.8. The Morgan fingerprint density at radius 1 is 0.917 bits per heavy atom. The first kappa shape index (κ1) is 23.9. The molecule has 0 aliphatic carbocycles. The largest absolute Gasteiger partial charge is 0.365 e. The molecule has 182 valence electrons. The first-order valence-corrected chi connectivity index (χ1v) is 12.7. The Bertz CT molecular complexity index is 1910. The maximum atomic E-state index is 13.8. The van der Waals surface area contributed by atoms with E-state index in [-0.39, 0.29) is 35.5 Å². The van der Waals surface area contributed by atoms with E-state index in [2.05, 4.69) is 4.98 Å². The quantitative estimate of drug-likeness (QED) is 0.368. The molecule has 0 radical (unpaired) electrons. The van der Waals surface area contributed by atoms with Crippen LogP contribution in [-0.4, -0.2) is 28.0 Å². The minimum absolute atomic E-state index is 0.0376. The van der Waals surface area contributed by atoms with Crippen molar-refractivity contribution in [2.45, 2.75) is 11.8 Å². The number of amides is 1. The fourth-order valence-electron chi connectivity index (χ4n) is 3.97. The summed E-state index contributed by atoms with van der Waals surface area (Å²) in [7, 11) is -4.67. The van der Waals surface area contributed by atoms with Gasteiger partial charge in [0.1, 0.15) is 0 Å². The molecule has 1 N–H and O–H groups in total. The van der Waals surface area contributed by atoms with Crippen LogP contribution >= 0.6 is 23.2 Å². The normalized spacial score (nSPS) is 11.8. The molecule has 0 aliphatic rings. The van der Waals surface area contributed by atoms with Gasteiger partial charge in [0.05, 0.1) is 21.5 Å². The zero-order chi connectivity index (χ0) is 25.8. The minimum Gasteiger partial charge on any atom is -0.361 e. The number of anilines is 1. The van der Waals surface area contributed by atoms with Gasteiger partial charge in [-0.05, 0) is 66.7 Å². The van der Waals surface area contributed by atoms with Crippen molar-refractivity contribution in [2.75, 3.05) is 5.01 Å². The van der Waals surface area contributed by atoms with E-state index < -0.39 is 27.2 Å². The van der Waals surface area contributed by atoms with Crippen LogP contribution in [0.25, 0.3) is 21.8 Å². The zero-order valence-electron chi connectivity index (χ0n) is 18.5. The fourth-order valence-corrected chi connectivity index (χ4v) is 5.56. The fraction of sp³-hybridized carbons (Fsp3) is 0.0417. The number of halogens is 2. The van der Waals surface area contributed by atoms with Crippen molar-refractivity contribution in [3.8, 4) is 0 Å². The highest BCUT2D eigenvalue weighted by molar-refractivity contribution is 7.90.